The number of aryl methyl sites for hydroxylation is 1. The van der Waals surface area contributed by atoms with Crippen LogP contribution in [0.5, 0.6) is 0 Å². The fraction of sp³-hybridized carbons (Fsp3) is 0.312. The van der Waals surface area contributed by atoms with Gasteiger partial charge in [0.2, 0.25) is 0 Å². The molecule has 8 heteroatoms. The predicted octanol–water partition coefficient (Wildman–Crippen LogP) is 7.70. The van der Waals surface area contributed by atoms with Gasteiger partial charge in [0.15, 0.2) is 5.11 Å². The summed E-state index contributed by atoms with van der Waals surface area (Å²) in [6.45, 7) is 8.38. The molecule has 0 bridgehead atoms. The van der Waals surface area contributed by atoms with E-state index in [-0.39, 0.29) is 17.9 Å². The summed E-state index contributed by atoms with van der Waals surface area (Å²) in [5.74, 6) is 0.485. The minimum Gasteiger partial charge on any atom is -0.370 e. The molecule has 4 aromatic rings. The van der Waals surface area contributed by atoms with Crippen molar-refractivity contribution in [1.29, 1.82) is 0 Å². The summed E-state index contributed by atoms with van der Waals surface area (Å²) in [7, 11) is 0. The minimum atomic E-state index is -0.261. The first-order valence-corrected chi connectivity index (χ1v) is 14.6. The van der Waals surface area contributed by atoms with E-state index in [1.54, 1.807) is 12.3 Å². The maximum absolute atomic E-state index is 14.9. The molecule has 0 amide bonds. The van der Waals surface area contributed by atoms with E-state index in [1.165, 1.54) is 18.9 Å². The van der Waals surface area contributed by atoms with Crippen LogP contribution in [-0.2, 0) is 0 Å². The molecule has 2 saturated heterocycles. The molecule has 0 unspecified atom stereocenters. The largest absolute Gasteiger partial charge is 0.370 e. The van der Waals surface area contributed by atoms with Crippen LogP contribution in [0.25, 0.3) is 5.69 Å². The van der Waals surface area contributed by atoms with Crippen LogP contribution in [0.2, 0.25) is 5.02 Å². The zero-order chi connectivity index (χ0) is 28.0. The van der Waals surface area contributed by atoms with Crippen molar-refractivity contribution in [2.45, 2.75) is 45.7 Å². The zero-order valence-electron chi connectivity index (χ0n) is 22.9. The number of para-hydroxylation sites is 1. The van der Waals surface area contributed by atoms with Crippen LogP contribution in [0.3, 0.4) is 0 Å². The number of hydrogen-bond acceptors (Lipinski definition) is 3. The van der Waals surface area contributed by atoms with Crippen molar-refractivity contribution in [2.75, 3.05) is 22.9 Å². The molecule has 1 N–H and O–H groups in total. The number of anilines is 2. The van der Waals surface area contributed by atoms with E-state index in [0.29, 0.717) is 15.8 Å². The fourth-order valence-corrected chi connectivity index (χ4v) is 6.83. The molecule has 2 aromatic carbocycles. The highest BCUT2D eigenvalue weighted by Gasteiger charge is 2.42. The van der Waals surface area contributed by atoms with Crippen molar-refractivity contribution in [3.8, 4) is 5.69 Å². The molecular weight excluding hydrogens is 541 g/mol. The first kappa shape index (κ1) is 26.8. The topological polar surface area (TPSA) is 36.3 Å². The molecule has 0 spiro atoms. The highest BCUT2D eigenvalue weighted by molar-refractivity contribution is 7.80. The molecule has 2 atom stereocenters. The maximum Gasteiger partial charge on any atom is 0.174 e. The molecule has 0 aliphatic carbocycles. The van der Waals surface area contributed by atoms with E-state index in [4.69, 9.17) is 23.8 Å². The summed E-state index contributed by atoms with van der Waals surface area (Å²) in [5, 5.41) is 4.85. The van der Waals surface area contributed by atoms with Gasteiger partial charge in [-0.15, -0.1) is 0 Å². The number of hydrogen-bond donors (Lipinski definition) is 1. The Morgan fingerprint density at radius 3 is 2.42 bits per heavy atom. The van der Waals surface area contributed by atoms with Crippen LogP contribution in [0.1, 0.15) is 54.5 Å². The summed E-state index contributed by atoms with van der Waals surface area (Å²) in [5.41, 5.74) is 6.34. The molecule has 40 heavy (non-hydrogen) atoms. The highest BCUT2D eigenvalue weighted by atomic mass is 35.5. The molecule has 0 saturated carbocycles. The molecule has 6 rings (SSSR count). The maximum atomic E-state index is 14.9. The van der Waals surface area contributed by atoms with Crippen LogP contribution in [0, 0.1) is 25.6 Å². The van der Waals surface area contributed by atoms with Crippen molar-refractivity contribution in [1.82, 2.24) is 14.9 Å². The number of piperidine rings is 1. The van der Waals surface area contributed by atoms with Crippen molar-refractivity contribution in [3.63, 3.8) is 0 Å². The van der Waals surface area contributed by atoms with Gasteiger partial charge in [-0.2, -0.15) is 0 Å². The predicted molar refractivity (Wildman–Crippen MR) is 165 cm³/mol. The monoisotopic (exact) mass is 573 g/mol. The number of nitrogens with one attached hydrogen (secondary N) is 1. The smallest absolute Gasteiger partial charge is 0.174 e. The normalized spacial score (nSPS) is 19.8. The van der Waals surface area contributed by atoms with Gasteiger partial charge in [0.25, 0.3) is 0 Å². The van der Waals surface area contributed by atoms with E-state index in [9.17, 15) is 4.39 Å². The molecule has 2 fully saturated rings. The van der Waals surface area contributed by atoms with E-state index < -0.39 is 0 Å². The van der Waals surface area contributed by atoms with Gasteiger partial charge < -0.3 is 19.7 Å². The van der Waals surface area contributed by atoms with Gasteiger partial charge in [-0.05, 0) is 98.9 Å². The molecule has 4 heterocycles. The Morgan fingerprint density at radius 1 is 0.975 bits per heavy atom. The van der Waals surface area contributed by atoms with Gasteiger partial charge in [0.05, 0.1) is 34.2 Å². The van der Waals surface area contributed by atoms with Gasteiger partial charge in [0.1, 0.15) is 5.82 Å². The summed E-state index contributed by atoms with van der Waals surface area (Å²) in [4.78, 5) is 9.19. The number of rotatable bonds is 5. The molecule has 2 aliphatic heterocycles. The lowest BCUT2D eigenvalue weighted by molar-refractivity contribution is 0.438. The molecule has 0 radical (unpaired) electrons. The van der Waals surface area contributed by atoms with Crippen molar-refractivity contribution >= 4 is 40.3 Å². The Morgan fingerprint density at radius 2 is 1.73 bits per heavy atom. The van der Waals surface area contributed by atoms with Gasteiger partial charge in [0, 0.05) is 36.4 Å². The van der Waals surface area contributed by atoms with Crippen LogP contribution in [-0.4, -0.2) is 27.8 Å². The number of nitrogens with zero attached hydrogens (tertiary/aromatic N) is 4. The van der Waals surface area contributed by atoms with Gasteiger partial charge in [-0.25, -0.2) is 4.39 Å². The van der Waals surface area contributed by atoms with E-state index in [2.05, 4.69) is 45.2 Å². The van der Waals surface area contributed by atoms with Crippen molar-refractivity contribution in [2.24, 2.45) is 5.92 Å². The fourth-order valence-electron chi connectivity index (χ4n) is 6.19. The summed E-state index contributed by atoms with van der Waals surface area (Å²) in [6.07, 6.45) is 4.14. The minimum absolute atomic E-state index is 0.203. The second kappa shape index (κ2) is 10.9. The van der Waals surface area contributed by atoms with Gasteiger partial charge in [-0.1, -0.05) is 36.7 Å². The highest BCUT2D eigenvalue weighted by Crippen LogP contribution is 2.45. The van der Waals surface area contributed by atoms with Crippen LogP contribution >= 0.6 is 23.8 Å². The number of thiocarbonyl (C=S) groups is 1. The third kappa shape index (κ3) is 4.75. The number of benzene rings is 2. The van der Waals surface area contributed by atoms with Crippen molar-refractivity contribution in [3.05, 3.63) is 106 Å². The van der Waals surface area contributed by atoms with Crippen LogP contribution in [0.15, 0.2) is 72.9 Å². The lowest BCUT2D eigenvalue weighted by Crippen LogP contribution is -2.33. The SMILES string of the molecule is Cc1cc([C@@H]2[C@@H](c3ccccn3)NC(=S)N2c2ccc(N3CCC(C)CC3)c(Cl)c2)c(C)n1-c1ccccc1F. The molecule has 2 aromatic heterocycles. The van der Waals surface area contributed by atoms with E-state index in [1.807, 2.05) is 54.8 Å². The number of halogens is 2. The molecule has 2 aliphatic rings. The Balaban J connectivity index is 1.45. The second-order valence-electron chi connectivity index (χ2n) is 10.9. The average molecular weight is 574 g/mol. The Labute approximate surface area is 245 Å². The average Bonchev–Trinajstić information content (AvgIpc) is 3.45. The van der Waals surface area contributed by atoms with Gasteiger partial charge >= 0.3 is 0 Å². The lowest BCUT2D eigenvalue weighted by atomic mass is 9.96. The summed E-state index contributed by atoms with van der Waals surface area (Å²) >= 11 is 12.9. The molecule has 206 valence electrons. The third-order valence-electron chi connectivity index (χ3n) is 8.31. The van der Waals surface area contributed by atoms with Crippen molar-refractivity contribution < 1.29 is 4.39 Å². The summed E-state index contributed by atoms with van der Waals surface area (Å²) < 4.78 is 16.9. The second-order valence-corrected chi connectivity index (χ2v) is 11.7. The van der Waals surface area contributed by atoms with Crippen LogP contribution < -0.4 is 15.1 Å². The lowest BCUT2D eigenvalue weighted by Gasteiger charge is -2.33. The number of aromatic nitrogens is 2. The number of pyridine rings is 1. The van der Waals surface area contributed by atoms with Gasteiger partial charge in [-0.3, -0.25) is 4.98 Å². The van der Waals surface area contributed by atoms with E-state index in [0.717, 1.165) is 53.0 Å². The molecule has 5 nitrogen and oxygen atoms in total. The molecular formula is C32H33ClFN5S. The first-order chi connectivity index (χ1) is 19.3. The quantitative estimate of drug-likeness (QED) is 0.248. The van der Waals surface area contributed by atoms with Crippen LogP contribution in [0.4, 0.5) is 15.8 Å². The Kier molecular flexibility index (Phi) is 7.27. The Bertz CT molecular complexity index is 1550. The van der Waals surface area contributed by atoms with E-state index >= 15 is 0 Å². The summed E-state index contributed by atoms with van der Waals surface area (Å²) in [6, 6.07) is 20.7. The standard InChI is InChI=1S/C32H33ClFN5S/c1-20-13-16-37(17-14-20)28-12-11-23(19-25(28)33)39-31(30(36-32(39)40)27-9-6-7-15-35-27)24-18-21(2)38(22(24)3)29-10-5-4-8-26(29)34/h4-12,15,18-20,30-31H,13-14,16-17H2,1-3H3,(H,36,40)/t30-,31-/m1/s1. The Hall–Kier alpha value is -3.42. The third-order valence-corrected chi connectivity index (χ3v) is 8.93. The zero-order valence-corrected chi connectivity index (χ0v) is 24.5. The first-order valence-electron chi connectivity index (χ1n) is 13.8.